The van der Waals surface area contributed by atoms with Crippen LogP contribution in [0.3, 0.4) is 0 Å². The number of hydrogen-bond acceptors (Lipinski definition) is 1. The van der Waals surface area contributed by atoms with Gasteiger partial charge in [-0.05, 0) is 87.1 Å². The van der Waals surface area contributed by atoms with Crippen molar-refractivity contribution in [3.05, 3.63) is 175 Å². The molecule has 7 rings (SSSR count). The Labute approximate surface area is 251 Å². The van der Waals surface area contributed by atoms with Crippen LogP contribution in [-0.4, -0.2) is 0 Å². The van der Waals surface area contributed by atoms with Crippen molar-refractivity contribution < 1.29 is 0 Å². The van der Waals surface area contributed by atoms with Gasteiger partial charge in [-0.25, -0.2) is 0 Å². The number of nitrogens with zero attached hydrogens (tertiary/aromatic N) is 1. The van der Waals surface area contributed by atoms with E-state index >= 15 is 0 Å². The van der Waals surface area contributed by atoms with Crippen molar-refractivity contribution in [2.45, 2.75) is 0 Å². The van der Waals surface area contributed by atoms with E-state index in [4.69, 9.17) is 11.6 Å². The minimum atomic E-state index is 0.747. The van der Waals surface area contributed by atoms with Crippen molar-refractivity contribution in [2.75, 3.05) is 4.90 Å². The van der Waals surface area contributed by atoms with Gasteiger partial charge in [-0.2, -0.15) is 0 Å². The fourth-order valence-corrected chi connectivity index (χ4v) is 5.84. The van der Waals surface area contributed by atoms with Gasteiger partial charge in [0.05, 0.1) is 0 Å². The van der Waals surface area contributed by atoms with Crippen molar-refractivity contribution in [1.29, 1.82) is 0 Å². The van der Waals surface area contributed by atoms with Gasteiger partial charge in [0.25, 0.3) is 0 Å². The number of rotatable bonds is 6. The Balaban J connectivity index is 1.19. The average molecular weight is 558 g/mol. The molecule has 0 saturated heterocycles. The third-order valence-electron chi connectivity index (χ3n) is 7.74. The van der Waals surface area contributed by atoms with Gasteiger partial charge in [0.2, 0.25) is 0 Å². The van der Waals surface area contributed by atoms with Gasteiger partial charge in [0.1, 0.15) is 0 Å². The molecule has 0 aromatic heterocycles. The molecule has 1 nitrogen and oxygen atoms in total. The van der Waals surface area contributed by atoms with E-state index in [9.17, 15) is 0 Å². The monoisotopic (exact) mass is 557 g/mol. The predicted octanol–water partition coefficient (Wildman–Crippen LogP) is 12.0. The Morgan fingerprint density at radius 1 is 0.333 bits per heavy atom. The summed E-state index contributed by atoms with van der Waals surface area (Å²) in [4.78, 5) is 2.29. The topological polar surface area (TPSA) is 3.24 Å². The summed E-state index contributed by atoms with van der Waals surface area (Å²) in [7, 11) is 0. The van der Waals surface area contributed by atoms with E-state index in [0.29, 0.717) is 0 Å². The lowest BCUT2D eigenvalue weighted by molar-refractivity contribution is 1.28. The fourth-order valence-electron chi connectivity index (χ4n) is 5.55. The molecule has 0 N–H and O–H groups in total. The molecular weight excluding hydrogens is 530 g/mol. The van der Waals surface area contributed by atoms with Crippen LogP contribution in [0.4, 0.5) is 17.1 Å². The summed E-state index contributed by atoms with van der Waals surface area (Å²) in [6.07, 6.45) is 0. The van der Waals surface area contributed by atoms with Gasteiger partial charge in [0.15, 0.2) is 0 Å². The van der Waals surface area contributed by atoms with Crippen LogP contribution in [0.2, 0.25) is 5.02 Å². The molecule has 42 heavy (non-hydrogen) atoms. The first kappa shape index (κ1) is 25.8. The summed E-state index contributed by atoms with van der Waals surface area (Å²) in [5.74, 6) is 0. The lowest BCUT2D eigenvalue weighted by atomic mass is 9.98. The lowest BCUT2D eigenvalue weighted by Crippen LogP contribution is -2.09. The second-order valence-electron chi connectivity index (χ2n) is 10.4. The Kier molecular flexibility index (Phi) is 7.02. The van der Waals surface area contributed by atoms with Crippen LogP contribution in [0.25, 0.3) is 44.2 Å². The molecule has 0 radical (unpaired) electrons. The van der Waals surface area contributed by atoms with Crippen molar-refractivity contribution in [3.63, 3.8) is 0 Å². The van der Waals surface area contributed by atoms with E-state index in [-0.39, 0.29) is 0 Å². The highest BCUT2D eigenvalue weighted by atomic mass is 35.5. The highest BCUT2D eigenvalue weighted by Gasteiger charge is 2.13. The Bertz CT molecular complexity index is 1960. The lowest BCUT2D eigenvalue weighted by Gasteiger charge is -2.26. The molecule has 0 aliphatic carbocycles. The number of fused-ring (bicyclic) bond motifs is 1. The maximum atomic E-state index is 6.86. The minimum absolute atomic E-state index is 0.747. The third-order valence-corrected chi connectivity index (χ3v) is 8.05. The normalized spacial score (nSPS) is 11.0. The molecule has 0 bridgehead atoms. The van der Waals surface area contributed by atoms with E-state index in [2.05, 4.69) is 169 Å². The van der Waals surface area contributed by atoms with Gasteiger partial charge < -0.3 is 4.90 Å². The maximum absolute atomic E-state index is 6.86. The second-order valence-corrected chi connectivity index (χ2v) is 10.8. The molecule has 2 heteroatoms. The average Bonchev–Trinajstić information content (AvgIpc) is 3.06. The van der Waals surface area contributed by atoms with Crippen molar-refractivity contribution in [2.24, 2.45) is 0 Å². The summed E-state index contributed by atoms with van der Waals surface area (Å²) in [5.41, 5.74) is 10.1. The molecule has 0 fully saturated rings. The van der Waals surface area contributed by atoms with E-state index in [1.54, 1.807) is 0 Å². The fraction of sp³-hybridized carbons (Fsp3) is 0. The summed E-state index contributed by atoms with van der Waals surface area (Å²) in [6.45, 7) is 0. The van der Waals surface area contributed by atoms with Crippen molar-refractivity contribution in [1.82, 2.24) is 0 Å². The molecule has 200 valence electrons. The summed E-state index contributed by atoms with van der Waals surface area (Å²) in [6, 6.07) is 59.7. The molecule has 0 aliphatic heterocycles. The summed E-state index contributed by atoms with van der Waals surface area (Å²) < 4.78 is 0. The maximum Gasteiger partial charge on any atom is 0.0490 e. The molecule has 0 saturated carbocycles. The van der Waals surface area contributed by atoms with Crippen LogP contribution in [0, 0.1) is 0 Å². The van der Waals surface area contributed by atoms with E-state index in [1.165, 1.54) is 21.9 Å². The number of hydrogen-bond donors (Lipinski definition) is 0. The molecule has 7 aromatic rings. The Morgan fingerprint density at radius 3 is 1.45 bits per heavy atom. The number of benzene rings is 7. The van der Waals surface area contributed by atoms with Crippen LogP contribution in [0.1, 0.15) is 0 Å². The van der Waals surface area contributed by atoms with Gasteiger partial charge in [-0.1, -0.05) is 133 Å². The van der Waals surface area contributed by atoms with Crippen LogP contribution < -0.4 is 4.90 Å². The van der Waals surface area contributed by atoms with E-state index in [1.807, 2.05) is 6.07 Å². The molecular formula is C40H28ClN. The molecule has 7 aromatic carbocycles. The highest BCUT2D eigenvalue weighted by Crippen LogP contribution is 2.38. The first-order valence-electron chi connectivity index (χ1n) is 14.1. The van der Waals surface area contributed by atoms with Gasteiger partial charge in [0, 0.05) is 27.6 Å². The summed E-state index contributed by atoms with van der Waals surface area (Å²) in [5, 5.41) is 3.19. The smallest absolute Gasteiger partial charge is 0.0490 e. The summed E-state index contributed by atoms with van der Waals surface area (Å²) >= 11 is 6.86. The zero-order valence-corrected chi connectivity index (χ0v) is 23.7. The number of halogens is 1. The minimum Gasteiger partial charge on any atom is -0.311 e. The van der Waals surface area contributed by atoms with Gasteiger partial charge in [-0.15, -0.1) is 0 Å². The standard InChI is InChI=1S/C40H28ClN/c41-40-28-34(21-26-39(40)35-16-15-30-11-7-8-12-33(30)27-35)32-19-24-38(25-20-32)42(36-13-5-2-6-14-36)37-22-17-31(18-23-37)29-9-3-1-4-10-29/h1-28H. The molecule has 0 unspecified atom stereocenters. The third kappa shape index (κ3) is 5.19. The predicted molar refractivity (Wildman–Crippen MR) is 180 cm³/mol. The van der Waals surface area contributed by atoms with E-state index < -0.39 is 0 Å². The van der Waals surface area contributed by atoms with Crippen LogP contribution in [-0.2, 0) is 0 Å². The Morgan fingerprint density at radius 2 is 0.810 bits per heavy atom. The van der Waals surface area contributed by atoms with Crippen LogP contribution >= 0.6 is 11.6 Å². The van der Waals surface area contributed by atoms with Gasteiger partial charge >= 0.3 is 0 Å². The number of anilines is 3. The highest BCUT2D eigenvalue weighted by molar-refractivity contribution is 6.33. The molecule has 0 amide bonds. The van der Waals surface area contributed by atoms with E-state index in [0.717, 1.165) is 44.3 Å². The molecule has 0 atom stereocenters. The largest absolute Gasteiger partial charge is 0.311 e. The Hall–Kier alpha value is -5.11. The van der Waals surface area contributed by atoms with Crippen molar-refractivity contribution in [3.8, 4) is 33.4 Å². The van der Waals surface area contributed by atoms with Crippen LogP contribution in [0.15, 0.2) is 170 Å². The van der Waals surface area contributed by atoms with Gasteiger partial charge in [-0.3, -0.25) is 0 Å². The van der Waals surface area contributed by atoms with Crippen molar-refractivity contribution >= 4 is 39.4 Å². The SMILES string of the molecule is Clc1cc(-c2ccc(N(c3ccccc3)c3ccc(-c4ccccc4)cc3)cc2)ccc1-c1ccc2ccccc2c1. The molecule has 0 spiro atoms. The first-order valence-corrected chi connectivity index (χ1v) is 14.5. The van der Waals surface area contributed by atoms with Crippen LogP contribution in [0.5, 0.6) is 0 Å². The zero-order valence-electron chi connectivity index (χ0n) is 23.0. The zero-order chi connectivity index (χ0) is 28.3. The second kappa shape index (κ2) is 11.4. The molecule has 0 heterocycles. The first-order chi connectivity index (χ1) is 20.7. The molecule has 0 aliphatic rings. The number of para-hydroxylation sites is 1. The quantitative estimate of drug-likeness (QED) is 0.196.